The molecule has 3 amide bonds. The summed E-state index contributed by atoms with van der Waals surface area (Å²) in [5.74, 6) is -0.698. The van der Waals surface area contributed by atoms with Crippen molar-refractivity contribution in [2.45, 2.75) is 6.92 Å². The summed E-state index contributed by atoms with van der Waals surface area (Å²) in [7, 11) is 0. The van der Waals surface area contributed by atoms with Crippen LogP contribution in [0.2, 0.25) is 0 Å². The Balaban J connectivity index is 1.75. The molecule has 0 saturated heterocycles. The van der Waals surface area contributed by atoms with Crippen molar-refractivity contribution < 1.29 is 23.9 Å². The standard InChI is InChI=1S/C18H19N3O5/c1-2-25-17(23)13-7-6-10-15(11-13)26-12-16(22)20-21-18(24)19-14-8-4-3-5-9-14/h3-11H,2,12H2,1H3,(H,20,22)(H2,19,21,24). The number of nitrogens with one attached hydrogen (secondary N) is 3. The van der Waals surface area contributed by atoms with Gasteiger partial charge in [0.15, 0.2) is 6.61 Å². The number of hydrogen-bond donors (Lipinski definition) is 3. The zero-order valence-electron chi connectivity index (χ0n) is 14.2. The second kappa shape index (κ2) is 9.67. The highest BCUT2D eigenvalue weighted by Gasteiger charge is 2.09. The maximum atomic E-state index is 11.7. The number of amides is 3. The van der Waals surface area contributed by atoms with Crippen molar-refractivity contribution >= 4 is 23.6 Å². The molecular weight excluding hydrogens is 338 g/mol. The highest BCUT2D eigenvalue weighted by Crippen LogP contribution is 2.14. The van der Waals surface area contributed by atoms with Gasteiger partial charge in [-0.2, -0.15) is 0 Å². The van der Waals surface area contributed by atoms with Gasteiger partial charge >= 0.3 is 12.0 Å². The number of hydrazine groups is 1. The third kappa shape index (κ3) is 6.16. The summed E-state index contributed by atoms with van der Waals surface area (Å²) >= 11 is 0. The van der Waals surface area contributed by atoms with E-state index in [-0.39, 0.29) is 13.2 Å². The Morgan fingerprint density at radius 3 is 2.46 bits per heavy atom. The Morgan fingerprint density at radius 1 is 0.962 bits per heavy atom. The SMILES string of the molecule is CCOC(=O)c1cccc(OCC(=O)NNC(=O)Nc2ccccc2)c1. The van der Waals surface area contributed by atoms with E-state index < -0.39 is 17.9 Å². The zero-order chi connectivity index (χ0) is 18.8. The van der Waals surface area contributed by atoms with Gasteiger partial charge in [-0.3, -0.25) is 10.2 Å². The van der Waals surface area contributed by atoms with Gasteiger partial charge in [0, 0.05) is 5.69 Å². The Hall–Kier alpha value is -3.55. The molecule has 2 aromatic rings. The number of ether oxygens (including phenoxy) is 2. The molecule has 0 aromatic heterocycles. The molecule has 0 spiro atoms. The van der Waals surface area contributed by atoms with E-state index in [0.717, 1.165) is 0 Å². The average Bonchev–Trinajstić information content (AvgIpc) is 2.66. The molecule has 0 aliphatic rings. The first-order chi connectivity index (χ1) is 12.6. The van der Waals surface area contributed by atoms with E-state index in [1.165, 1.54) is 6.07 Å². The van der Waals surface area contributed by atoms with Crippen LogP contribution in [0.1, 0.15) is 17.3 Å². The largest absolute Gasteiger partial charge is 0.484 e. The lowest BCUT2D eigenvalue weighted by molar-refractivity contribution is -0.123. The smallest absolute Gasteiger partial charge is 0.338 e. The molecule has 3 N–H and O–H groups in total. The minimum Gasteiger partial charge on any atom is -0.484 e. The molecule has 0 heterocycles. The lowest BCUT2D eigenvalue weighted by atomic mass is 10.2. The van der Waals surface area contributed by atoms with Crippen LogP contribution in [0.4, 0.5) is 10.5 Å². The number of benzene rings is 2. The molecule has 0 saturated carbocycles. The van der Waals surface area contributed by atoms with Gasteiger partial charge in [0.25, 0.3) is 5.91 Å². The number of esters is 1. The van der Waals surface area contributed by atoms with Crippen LogP contribution in [0, 0.1) is 0 Å². The lowest BCUT2D eigenvalue weighted by Crippen LogP contribution is -2.45. The Morgan fingerprint density at radius 2 is 1.73 bits per heavy atom. The van der Waals surface area contributed by atoms with Crippen LogP contribution in [-0.4, -0.2) is 31.1 Å². The lowest BCUT2D eigenvalue weighted by Gasteiger charge is -2.10. The first-order valence-corrected chi connectivity index (χ1v) is 7.89. The molecule has 26 heavy (non-hydrogen) atoms. The summed E-state index contributed by atoms with van der Waals surface area (Å²) in [4.78, 5) is 35.0. The van der Waals surface area contributed by atoms with Crippen molar-refractivity contribution in [2.75, 3.05) is 18.5 Å². The highest BCUT2D eigenvalue weighted by atomic mass is 16.5. The van der Waals surface area contributed by atoms with E-state index in [4.69, 9.17) is 9.47 Å². The second-order valence-corrected chi connectivity index (χ2v) is 5.03. The Kier molecular flexibility index (Phi) is 6.99. The zero-order valence-corrected chi connectivity index (χ0v) is 14.2. The molecule has 0 aliphatic heterocycles. The van der Waals surface area contributed by atoms with E-state index in [9.17, 15) is 14.4 Å². The third-order valence-corrected chi connectivity index (χ3v) is 3.06. The van der Waals surface area contributed by atoms with Crippen molar-refractivity contribution in [1.29, 1.82) is 0 Å². The number of carbonyl (C=O) groups excluding carboxylic acids is 3. The predicted molar refractivity (Wildman–Crippen MR) is 94.6 cm³/mol. The molecule has 2 rings (SSSR count). The number of anilines is 1. The van der Waals surface area contributed by atoms with Gasteiger partial charge in [-0.15, -0.1) is 0 Å². The van der Waals surface area contributed by atoms with Crippen LogP contribution in [0.5, 0.6) is 5.75 Å². The van der Waals surface area contributed by atoms with Crippen LogP contribution in [-0.2, 0) is 9.53 Å². The van der Waals surface area contributed by atoms with Crippen molar-refractivity contribution in [3.8, 4) is 5.75 Å². The molecule has 8 nitrogen and oxygen atoms in total. The van der Waals surface area contributed by atoms with Crippen molar-refractivity contribution in [2.24, 2.45) is 0 Å². The molecule has 2 aromatic carbocycles. The maximum absolute atomic E-state index is 11.7. The van der Waals surface area contributed by atoms with Gasteiger partial charge in [0.1, 0.15) is 5.75 Å². The normalized spacial score (nSPS) is 9.73. The van der Waals surface area contributed by atoms with Crippen LogP contribution >= 0.6 is 0 Å². The van der Waals surface area contributed by atoms with E-state index in [2.05, 4.69) is 16.2 Å². The van der Waals surface area contributed by atoms with Crippen LogP contribution in [0.3, 0.4) is 0 Å². The topological polar surface area (TPSA) is 106 Å². The molecule has 0 atom stereocenters. The number of urea groups is 1. The minimum atomic E-state index is -0.589. The first-order valence-electron chi connectivity index (χ1n) is 7.89. The quantitative estimate of drug-likeness (QED) is 0.542. The molecule has 0 unspecified atom stereocenters. The number of para-hydroxylation sites is 1. The summed E-state index contributed by atoms with van der Waals surface area (Å²) < 4.78 is 10.2. The van der Waals surface area contributed by atoms with Crippen LogP contribution < -0.4 is 20.9 Å². The van der Waals surface area contributed by atoms with Gasteiger partial charge < -0.3 is 14.8 Å². The van der Waals surface area contributed by atoms with Gasteiger partial charge in [-0.25, -0.2) is 15.0 Å². The summed E-state index contributed by atoms with van der Waals surface area (Å²) in [6.07, 6.45) is 0. The van der Waals surface area contributed by atoms with Crippen LogP contribution in [0.25, 0.3) is 0 Å². The van der Waals surface area contributed by atoms with Gasteiger partial charge in [0.2, 0.25) is 0 Å². The number of rotatable bonds is 6. The average molecular weight is 357 g/mol. The molecule has 136 valence electrons. The van der Waals surface area contributed by atoms with Gasteiger partial charge in [0.05, 0.1) is 12.2 Å². The van der Waals surface area contributed by atoms with E-state index in [1.54, 1.807) is 49.4 Å². The summed E-state index contributed by atoms with van der Waals surface area (Å²) in [5.41, 5.74) is 5.34. The van der Waals surface area contributed by atoms with Gasteiger partial charge in [-0.1, -0.05) is 24.3 Å². The second-order valence-electron chi connectivity index (χ2n) is 5.03. The fourth-order valence-electron chi connectivity index (χ4n) is 1.92. The van der Waals surface area contributed by atoms with Crippen LogP contribution in [0.15, 0.2) is 54.6 Å². The third-order valence-electron chi connectivity index (χ3n) is 3.06. The van der Waals surface area contributed by atoms with E-state index in [0.29, 0.717) is 17.0 Å². The first kappa shape index (κ1) is 18.8. The molecule has 0 fully saturated rings. The van der Waals surface area contributed by atoms with E-state index >= 15 is 0 Å². The minimum absolute atomic E-state index is 0.267. The molecule has 0 bridgehead atoms. The summed E-state index contributed by atoms with van der Waals surface area (Å²) in [6.45, 7) is 1.64. The summed E-state index contributed by atoms with van der Waals surface area (Å²) in [6, 6.07) is 14.5. The fraction of sp³-hybridized carbons (Fsp3) is 0.167. The molecule has 0 aliphatic carbocycles. The van der Waals surface area contributed by atoms with E-state index in [1.807, 2.05) is 6.07 Å². The van der Waals surface area contributed by atoms with Gasteiger partial charge in [-0.05, 0) is 37.3 Å². The monoisotopic (exact) mass is 357 g/mol. The van der Waals surface area contributed by atoms with Crippen molar-refractivity contribution in [1.82, 2.24) is 10.9 Å². The number of hydrogen-bond acceptors (Lipinski definition) is 5. The molecule has 0 radical (unpaired) electrons. The Bertz CT molecular complexity index is 764. The maximum Gasteiger partial charge on any atom is 0.338 e. The Labute approximate surface area is 150 Å². The summed E-state index contributed by atoms with van der Waals surface area (Å²) in [5, 5.41) is 2.55. The highest BCUT2D eigenvalue weighted by molar-refractivity contribution is 5.91. The van der Waals surface area contributed by atoms with Crippen molar-refractivity contribution in [3.63, 3.8) is 0 Å². The van der Waals surface area contributed by atoms with Crippen molar-refractivity contribution in [3.05, 3.63) is 60.2 Å². The predicted octanol–water partition coefficient (Wildman–Crippen LogP) is 2.09. The fourth-order valence-corrected chi connectivity index (χ4v) is 1.92. The molecular formula is C18H19N3O5. The molecule has 8 heteroatoms. The number of carbonyl (C=O) groups is 3.